The maximum Gasteiger partial charge on any atom is 0.129 e. The molecule has 1 aromatic rings. The van der Waals surface area contributed by atoms with Gasteiger partial charge in [-0.05, 0) is 40.3 Å². The van der Waals surface area contributed by atoms with E-state index in [-0.39, 0.29) is 13.2 Å². The Morgan fingerprint density at radius 1 is 0.833 bits per heavy atom. The quantitative estimate of drug-likeness (QED) is 0.165. The third-order valence-corrected chi connectivity index (χ3v) is 5.47. The zero-order valence-electron chi connectivity index (χ0n) is 18.1. The molecule has 0 fully saturated rings. The third-order valence-electron chi connectivity index (χ3n) is 3.82. The molecule has 1 aromatic carbocycles. The maximum absolute atomic E-state index is 6.02. The smallest absolute Gasteiger partial charge is 0.129 e. The van der Waals surface area contributed by atoms with Crippen LogP contribution in [-0.2, 0) is 25.6 Å². The molecule has 0 atom stereocenters. The predicted molar refractivity (Wildman–Crippen MR) is 132 cm³/mol. The van der Waals surface area contributed by atoms with Gasteiger partial charge in [0.05, 0.1) is 38.4 Å². The summed E-state index contributed by atoms with van der Waals surface area (Å²) in [5, 5.41) is 0. The molecular weight excluding hydrogens is 507 g/mol. The largest absolute Gasteiger partial charge is 0.376 e. The Bertz CT molecular complexity index is 740. The molecule has 0 unspecified atom stereocenters. The highest BCUT2D eigenvalue weighted by Gasteiger charge is 2.32. The normalized spacial score (nSPS) is 11.3. The zero-order chi connectivity index (χ0) is 22.3. The molecule has 6 heteroatoms. The van der Waals surface area contributed by atoms with Crippen LogP contribution in [0.15, 0.2) is 24.3 Å². The Morgan fingerprint density at radius 2 is 1.33 bits per heavy atom. The van der Waals surface area contributed by atoms with Crippen molar-refractivity contribution in [1.29, 1.82) is 0 Å². The second-order valence-electron chi connectivity index (χ2n) is 8.06. The van der Waals surface area contributed by atoms with E-state index in [9.17, 15) is 0 Å². The van der Waals surface area contributed by atoms with E-state index in [0.717, 1.165) is 5.56 Å². The van der Waals surface area contributed by atoms with E-state index in [4.69, 9.17) is 31.8 Å². The van der Waals surface area contributed by atoms with Gasteiger partial charge in [0.2, 0.25) is 0 Å². The minimum atomic E-state index is -1.43. The van der Waals surface area contributed by atoms with Gasteiger partial charge in [-0.2, -0.15) is 0 Å². The SMILES string of the molecule is C#CCOCC(COCC#C)(COCC#C[Si](C)(C)C)COCc1ccc(I)cc1. The first-order valence-electron chi connectivity index (χ1n) is 9.73. The first-order valence-corrected chi connectivity index (χ1v) is 14.3. The van der Waals surface area contributed by atoms with Crippen molar-refractivity contribution in [2.45, 2.75) is 26.2 Å². The number of rotatable bonds is 13. The van der Waals surface area contributed by atoms with E-state index < -0.39 is 13.5 Å². The Labute approximate surface area is 196 Å². The van der Waals surface area contributed by atoms with E-state index in [1.807, 2.05) is 0 Å². The lowest BCUT2D eigenvalue weighted by molar-refractivity contribution is -0.0989. The van der Waals surface area contributed by atoms with Gasteiger partial charge in [0.25, 0.3) is 0 Å². The average Bonchev–Trinajstić information content (AvgIpc) is 2.69. The zero-order valence-corrected chi connectivity index (χ0v) is 21.3. The standard InChI is InChI=1S/C24H31IO4Si/c1-6-13-26-18-24(19-27-14-7-2,20-28-15-8-16-30(3,4)5)21-29-17-22-9-11-23(25)12-10-22/h1-2,9-12H,13-15,17-21H2,3-5H3. The molecule has 0 spiro atoms. The molecule has 4 nitrogen and oxygen atoms in total. The van der Waals surface area contributed by atoms with Crippen molar-refractivity contribution in [2.75, 3.05) is 46.2 Å². The number of halogens is 1. The summed E-state index contributed by atoms with van der Waals surface area (Å²) in [6.07, 6.45) is 10.7. The highest BCUT2D eigenvalue weighted by Crippen LogP contribution is 2.22. The molecule has 0 heterocycles. The van der Waals surface area contributed by atoms with Crippen LogP contribution in [0.1, 0.15) is 5.56 Å². The number of ether oxygens (including phenoxy) is 4. The summed E-state index contributed by atoms with van der Waals surface area (Å²) < 4.78 is 24.4. The van der Waals surface area contributed by atoms with Crippen LogP contribution in [0.25, 0.3) is 0 Å². The van der Waals surface area contributed by atoms with Crippen molar-refractivity contribution in [2.24, 2.45) is 5.41 Å². The Balaban J connectivity index is 2.78. The van der Waals surface area contributed by atoms with E-state index >= 15 is 0 Å². The van der Waals surface area contributed by atoms with Crippen LogP contribution in [0.5, 0.6) is 0 Å². The third kappa shape index (κ3) is 12.4. The predicted octanol–water partition coefficient (Wildman–Crippen LogP) is 3.99. The summed E-state index contributed by atoms with van der Waals surface area (Å²) in [5.74, 6) is 8.11. The molecule has 0 aliphatic heterocycles. The number of hydrogen-bond donors (Lipinski definition) is 0. The van der Waals surface area contributed by atoms with Gasteiger partial charge >= 0.3 is 0 Å². The minimum absolute atomic E-state index is 0.212. The van der Waals surface area contributed by atoms with Crippen molar-refractivity contribution in [1.82, 2.24) is 0 Å². The fraction of sp³-hybridized carbons (Fsp3) is 0.500. The van der Waals surface area contributed by atoms with Crippen molar-refractivity contribution in [3.63, 3.8) is 0 Å². The number of terminal acetylenes is 2. The molecule has 162 valence electrons. The van der Waals surface area contributed by atoms with E-state index in [1.54, 1.807) is 0 Å². The fourth-order valence-corrected chi connectivity index (χ4v) is 3.45. The lowest BCUT2D eigenvalue weighted by Crippen LogP contribution is -2.42. The van der Waals surface area contributed by atoms with E-state index in [0.29, 0.717) is 39.6 Å². The monoisotopic (exact) mass is 538 g/mol. The lowest BCUT2D eigenvalue weighted by Gasteiger charge is -2.32. The van der Waals surface area contributed by atoms with Crippen LogP contribution >= 0.6 is 22.6 Å². The van der Waals surface area contributed by atoms with Crippen molar-refractivity contribution < 1.29 is 18.9 Å². The highest BCUT2D eigenvalue weighted by molar-refractivity contribution is 14.1. The molecule has 0 radical (unpaired) electrons. The van der Waals surface area contributed by atoms with Gasteiger partial charge in [0.15, 0.2) is 0 Å². The van der Waals surface area contributed by atoms with Crippen molar-refractivity contribution in [3.05, 3.63) is 33.4 Å². The number of hydrogen-bond acceptors (Lipinski definition) is 4. The molecule has 0 aliphatic rings. The highest BCUT2D eigenvalue weighted by atomic mass is 127. The summed E-state index contributed by atoms with van der Waals surface area (Å²) in [5.41, 5.74) is 3.87. The van der Waals surface area contributed by atoms with Crippen molar-refractivity contribution in [3.8, 4) is 36.2 Å². The Kier molecular flexibility index (Phi) is 13.0. The molecule has 0 N–H and O–H groups in total. The summed E-state index contributed by atoms with van der Waals surface area (Å²) in [7, 11) is -1.43. The molecule has 0 amide bonds. The molecular formula is C24H31IO4Si. The van der Waals surface area contributed by atoms with Gasteiger partial charge in [-0.25, -0.2) is 0 Å². The van der Waals surface area contributed by atoms with Crippen LogP contribution in [0.3, 0.4) is 0 Å². The fourth-order valence-electron chi connectivity index (χ4n) is 2.49. The van der Waals surface area contributed by atoms with Crippen LogP contribution in [-0.4, -0.2) is 54.3 Å². The summed E-state index contributed by atoms with van der Waals surface area (Å²) in [6.45, 7) is 9.30. The second kappa shape index (κ2) is 14.7. The van der Waals surface area contributed by atoms with Gasteiger partial charge in [-0.15, -0.1) is 18.4 Å². The molecule has 0 aliphatic carbocycles. The Hall–Kier alpha value is -1.31. The molecule has 0 bridgehead atoms. The Morgan fingerprint density at radius 3 is 1.83 bits per heavy atom. The van der Waals surface area contributed by atoms with Crippen LogP contribution < -0.4 is 0 Å². The maximum atomic E-state index is 6.02. The van der Waals surface area contributed by atoms with E-state index in [1.165, 1.54) is 3.57 Å². The summed E-state index contributed by atoms with van der Waals surface area (Å²) >= 11 is 2.28. The van der Waals surface area contributed by atoms with Gasteiger partial charge in [0.1, 0.15) is 27.9 Å². The first kappa shape index (κ1) is 26.7. The van der Waals surface area contributed by atoms with Crippen LogP contribution in [0.4, 0.5) is 0 Å². The first-order chi connectivity index (χ1) is 14.3. The molecule has 0 saturated heterocycles. The van der Waals surface area contributed by atoms with Crippen LogP contribution in [0.2, 0.25) is 19.6 Å². The topological polar surface area (TPSA) is 36.9 Å². The second-order valence-corrected chi connectivity index (χ2v) is 14.1. The molecule has 0 saturated carbocycles. The van der Waals surface area contributed by atoms with Gasteiger partial charge in [-0.3, -0.25) is 0 Å². The molecule has 1 rings (SSSR count). The molecule has 30 heavy (non-hydrogen) atoms. The van der Waals surface area contributed by atoms with Gasteiger partial charge < -0.3 is 18.9 Å². The average molecular weight is 538 g/mol. The lowest BCUT2D eigenvalue weighted by atomic mass is 9.92. The summed E-state index contributed by atoms with van der Waals surface area (Å²) in [4.78, 5) is 0. The number of benzene rings is 1. The van der Waals surface area contributed by atoms with Crippen LogP contribution in [0, 0.1) is 45.1 Å². The van der Waals surface area contributed by atoms with Gasteiger partial charge in [-0.1, -0.05) is 49.5 Å². The molecule has 0 aromatic heterocycles. The van der Waals surface area contributed by atoms with Gasteiger partial charge in [0, 0.05) is 3.57 Å². The van der Waals surface area contributed by atoms with Crippen molar-refractivity contribution >= 4 is 30.7 Å². The van der Waals surface area contributed by atoms with E-state index in [2.05, 4.69) is 89.8 Å². The minimum Gasteiger partial charge on any atom is -0.376 e. The summed E-state index contributed by atoms with van der Waals surface area (Å²) in [6, 6.07) is 8.21.